The second-order valence-corrected chi connectivity index (χ2v) is 10.6. The molecule has 0 bridgehead atoms. The minimum Gasteiger partial charge on any atom is -0.355 e. The van der Waals surface area contributed by atoms with Crippen molar-refractivity contribution in [3.63, 3.8) is 0 Å². The van der Waals surface area contributed by atoms with E-state index < -0.39 is 28.5 Å². The third-order valence-electron chi connectivity index (χ3n) is 5.31. The third-order valence-corrected chi connectivity index (χ3v) is 7.19. The highest BCUT2D eigenvalue weighted by Gasteiger charge is 2.30. The van der Waals surface area contributed by atoms with Gasteiger partial charge in [-0.3, -0.25) is 13.9 Å². The third kappa shape index (κ3) is 7.09. The standard InChI is InChI=1S/C23H29Cl2N3O4S/c1-6-26-23(30)17(4)27(13-18-8-10-20(24)21(25)12-18)22(29)14-28(33(5,31)32)19-9-7-15(2)16(3)11-19/h7-12,17H,6,13-14H2,1-5H3,(H,26,30)/t17-/m0/s1. The van der Waals surface area contributed by atoms with E-state index in [2.05, 4.69) is 5.32 Å². The molecule has 0 saturated heterocycles. The van der Waals surface area contributed by atoms with E-state index in [0.717, 1.165) is 21.7 Å². The van der Waals surface area contributed by atoms with Gasteiger partial charge in [-0.1, -0.05) is 35.3 Å². The second kappa shape index (κ2) is 11.2. The zero-order valence-electron chi connectivity index (χ0n) is 19.4. The first-order valence-electron chi connectivity index (χ1n) is 10.4. The number of rotatable bonds is 9. The lowest BCUT2D eigenvalue weighted by atomic mass is 10.1. The first-order valence-corrected chi connectivity index (χ1v) is 13.0. The number of carbonyl (C=O) groups is 2. The van der Waals surface area contributed by atoms with Gasteiger partial charge >= 0.3 is 0 Å². The van der Waals surface area contributed by atoms with Crippen LogP contribution in [0.1, 0.15) is 30.5 Å². The number of anilines is 1. The summed E-state index contributed by atoms with van der Waals surface area (Å²) in [7, 11) is -3.77. The van der Waals surface area contributed by atoms with Crippen molar-refractivity contribution < 1.29 is 18.0 Å². The Morgan fingerprint density at radius 2 is 1.70 bits per heavy atom. The Morgan fingerprint density at radius 1 is 1.03 bits per heavy atom. The molecule has 0 aliphatic carbocycles. The number of nitrogens with zero attached hydrogens (tertiary/aromatic N) is 2. The van der Waals surface area contributed by atoms with Crippen LogP contribution in [0.3, 0.4) is 0 Å². The Balaban J connectivity index is 2.42. The number of carbonyl (C=O) groups excluding carboxylic acids is 2. The van der Waals surface area contributed by atoms with E-state index >= 15 is 0 Å². The van der Waals surface area contributed by atoms with Crippen molar-refractivity contribution in [1.82, 2.24) is 10.2 Å². The van der Waals surface area contributed by atoms with Gasteiger partial charge in [0.15, 0.2) is 0 Å². The Labute approximate surface area is 205 Å². The fraction of sp³-hybridized carbons (Fsp3) is 0.391. The molecule has 0 radical (unpaired) electrons. The van der Waals surface area contributed by atoms with Gasteiger partial charge in [0.2, 0.25) is 21.8 Å². The van der Waals surface area contributed by atoms with E-state index in [1.165, 1.54) is 4.90 Å². The number of halogens is 2. The molecule has 0 aliphatic rings. The molecule has 2 amide bonds. The number of hydrogen-bond donors (Lipinski definition) is 1. The van der Waals surface area contributed by atoms with Gasteiger partial charge in [-0.2, -0.15) is 0 Å². The van der Waals surface area contributed by atoms with Gasteiger partial charge < -0.3 is 10.2 Å². The van der Waals surface area contributed by atoms with Crippen LogP contribution in [0.2, 0.25) is 10.0 Å². The van der Waals surface area contributed by atoms with Crippen LogP contribution >= 0.6 is 23.2 Å². The molecule has 180 valence electrons. The van der Waals surface area contributed by atoms with Crippen LogP contribution in [0.4, 0.5) is 5.69 Å². The van der Waals surface area contributed by atoms with Crippen molar-refractivity contribution in [2.45, 2.75) is 40.3 Å². The number of amides is 2. The van der Waals surface area contributed by atoms with E-state index in [1.807, 2.05) is 13.8 Å². The summed E-state index contributed by atoms with van der Waals surface area (Å²) >= 11 is 12.1. The predicted molar refractivity (Wildman–Crippen MR) is 133 cm³/mol. The molecule has 1 N–H and O–H groups in total. The average molecular weight is 514 g/mol. The summed E-state index contributed by atoms with van der Waals surface area (Å²) in [5.41, 5.74) is 2.95. The minimum absolute atomic E-state index is 0.0541. The molecule has 33 heavy (non-hydrogen) atoms. The number of sulfonamides is 1. The quantitative estimate of drug-likeness (QED) is 0.550. The van der Waals surface area contributed by atoms with Gasteiger partial charge in [-0.05, 0) is 68.7 Å². The maximum absolute atomic E-state index is 13.4. The SMILES string of the molecule is CCNC(=O)[C@H](C)N(Cc1ccc(Cl)c(Cl)c1)C(=O)CN(c1ccc(C)c(C)c1)S(C)(=O)=O. The molecule has 0 aromatic heterocycles. The maximum atomic E-state index is 13.4. The molecule has 0 spiro atoms. The molecular weight excluding hydrogens is 485 g/mol. The van der Waals surface area contributed by atoms with Crippen LogP contribution in [-0.4, -0.2) is 50.5 Å². The molecule has 1 atom stereocenters. The smallest absolute Gasteiger partial charge is 0.244 e. The largest absolute Gasteiger partial charge is 0.355 e. The lowest BCUT2D eigenvalue weighted by molar-refractivity contribution is -0.139. The molecule has 0 unspecified atom stereocenters. The average Bonchev–Trinajstić information content (AvgIpc) is 2.73. The normalized spacial score (nSPS) is 12.2. The van der Waals surface area contributed by atoms with Crippen LogP contribution < -0.4 is 9.62 Å². The first kappa shape index (κ1) is 27.0. The highest BCUT2D eigenvalue weighted by Crippen LogP contribution is 2.25. The van der Waals surface area contributed by atoms with Crippen LogP contribution in [0, 0.1) is 13.8 Å². The minimum atomic E-state index is -3.77. The molecule has 0 aliphatic heterocycles. The van der Waals surface area contributed by atoms with Crippen LogP contribution in [0.5, 0.6) is 0 Å². The van der Waals surface area contributed by atoms with E-state index in [0.29, 0.717) is 27.8 Å². The molecular formula is C23H29Cl2N3O4S. The molecule has 0 saturated carbocycles. The molecule has 0 heterocycles. The number of nitrogens with one attached hydrogen (secondary N) is 1. The fourth-order valence-electron chi connectivity index (χ4n) is 3.23. The molecule has 2 aromatic carbocycles. The van der Waals surface area contributed by atoms with E-state index in [1.54, 1.807) is 50.2 Å². The zero-order valence-corrected chi connectivity index (χ0v) is 21.7. The first-order chi connectivity index (χ1) is 15.3. The number of benzene rings is 2. The topological polar surface area (TPSA) is 86.8 Å². The van der Waals surface area contributed by atoms with Gasteiger partial charge in [0.05, 0.1) is 22.0 Å². The summed E-state index contributed by atoms with van der Waals surface area (Å²) in [6.07, 6.45) is 1.05. The lowest BCUT2D eigenvalue weighted by Gasteiger charge is -2.31. The van der Waals surface area contributed by atoms with E-state index in [-0.39, 0.29) is 12.5 Å². The van der Waals surface area contributed by atoms with Crippen molar-refractivity contribution in [2.75, 3.05) is 23.7 Å². The van der Waals surface area contributed by atoms with E-state index in [9.17, 15) is 18.0 Å². The number of aryl methyl sites for hydroxylation is 2. The van der Waals surface area contributed by atoms with Crippen molar-refractivity contribution in [3.8, 4) is 0 Å². The highest BCUT2D eigenvalue weighted by atomic mass is 35.5. The van der Waals surface area contributed by atoms with Gasteiger partial charge in [0.1, 0.15) is 12.6 Å². The van der Waals surface area contributed by atoms with Gasteiger partial charge in [0.25, 0.3) is 0 Å². The monoisotopic (exact) mass is 513 g/mol. The van der Waals surface area contributed by atoms with Crippen LogP contribution in [0.15, 0.2) is 36.4 Å². The summed E-state index contributed by atoms with van der Waals surface area (Å²) in [5.74, 6) is -0.869. The highest BCUT2D eigenvalue weighted by molar-refractivity contribution is 7.92. The summed E-state index contributed by atoms with van der Waals surface area (Å²) in [6, 6.07) is 9.28. The number of likely N-dealkylation sites (N-methyl/N-ethyl adjacent to an activating group) is 1. The van der Waals surface area contributed by atoms with Crippen molar-refractivity contribution >= 4 is 50.7 Å². The molecule has 10 heteroatoms. The van der Waals surface area contributed by atoms with Gasteiger partial charge in [0, 0.05) is 13.1 Å². The van der Waals surface area contributed by atoms with E-state index in [4.69, 9.17) is 23.2 Å². The Bertz CT molecular complexity index is 1140. The van der Waals surface area contributed by atoms with Crippen LogP contribution in [-0.2, 0) is 26.2 Å². The van der Waals surface area contributed by atoms with Gasteiger partial charge in [-0.25, -0.2) is 8.42 Å². The summed E-state index contributed by atoms with van der Waals surface area (Å²) in [5, 5.41) is 3.39. The molecule has 7 nitrogen and oxygen atoms in total. The zero-order chi connectivity index (χ0) is 24.9. The van der Waals surface area contributed by atoms with Crippen molar-refractivity contribution in [2.24, 2.45) is 0 Å². The predicted octanol–water partition coefficient (Wildman–Crippen LogP) is 3.93. The maximum Gasteiger partial charge on any atom is 0.244 e. The fourth-order valence-corrected chi connectivity index (χ4v) is 4.40. The Morgan fingerprint density at radius 3 is 2.24 bits per heavy atom. The summed E-state index contributed by atoms with van der Waals surface area (Å²) in [4.78, 5) is 27.3. The van der Waals surface area contributed by atoms with Crippen molar-refractivity contribution in [3.05, 3.63) is 63.1 Å². The molecule has 2 aromatic rings. The molecule has 2 rings (SSSR count). The second-order valence-electron chi connectivity index (χ2n) is 7.88. The lowest BCUT2D eigenvalue weighted by Crippen LogP contribution is -2.51. The molecule has 0 fully saturated rings. The number of hydrogen-bond acceptors (Lipinski definition) is 4. The van der Waals surface area contributed by atoms with Crippen LogP contribution in [0.25, 0.3) is 0 Å². The Kier molecular flexibility index (Phi) is 9.17. The summed E-state index contributed by atoms with van der Waals surface area (Å²) in [6.45, 7) is 7.17. The Hall–Kier alpha value is -2.29. The summed E-state index contributed by atoms with van der Waals surface area (Å²) < 4.78 is 26.2. The van der Waals surface area contributed by atoms with Crippen molar-refractivity contribution in [1.29, 1.82) is 0 Å². The van der Waals surface area contributed by atoms with Gasteiger partial charge in [-0.15, -0.1) is 0 Å².